The van der Waals surface area contributed by atoms with Crippen LogP contribution in [-0.2, 0) is 0 Å². The molecule has 0 N–H and O–H groups in total. The van der Waals surface area contributed by atoms with E-state index in [2.05, 4.69) is 0 Å². The van der Waals surface area contributed by atoms with E-state index in [1.165, 1.54) is 26.0 Å². The standard InChI is InChI=1S/C10H9NO4/c1-6-3-4-8(5-12)9(7(2)13)10(6)11(14)15/h3-5H,1-2H3. The van der Waals surface area contributed by atoms with Gasteiger partial charge in [-0.3, -0.25) is 19.7 Å². The molecule has 0 aliphatic rings. The van der Waals surface area contributed by atoms with E-state index in [1.54, 1.807) is 0 Å². The molecule has 1 rings (SSSR count). The van der Waals surface area contributed by atoms with Crippen LogP contribution in [0.1, 0.15) is 33.2 Å². The summed E-state index contributed by atoms with van der Waals surface area (Å²) in [6, 6.07) is 2.86. The third kappa shape index (κ3) is 1.90. The van der Waals surface area contributed by atoms with E-state index in [1.807, 2.05) is 0 Å². The molecular weight excluding hydrogens is 198 g/mol. The monoisotopic (exact) mass is 207 g/mol. The van der Waals surface area contributed by atoms with E-state index in [-0.39, 0.29) is 16.8 Å². The molecule has 1 aromatic rings. The minimum atomic E-state index is -0.640. The Morgan fingerprint density at radius 2 is 2.07 bits per heavy atom. The molecule has 5 heteroatoms. The van der Waals surface area contributed by atoms with Gasteiger partial charge in [0.05, 0.1) is 4.92 Å². The third-order valence-corrected chi connectivity index (χ3v) is 2.07. The molecule has 0 aromatic heterocycles. The van der Waals surface area contributed by atoms with E-state index in [9.17, 15) is 19.7 Å². The van der Waals surface area contributed by atoms with Crippen molar-refractivity contribution in [1.82, 2.24) is 0 Å². The van der Waals surface area contributed by atoms with E-state index in [0.717, 1.165) is 0 Å². The van der Waals surface area contributed by atoms with E-state index < -0.39 is 10.7 Å². The molecule has 0 heterocycles. The Kier molecular flexibility index (Phi) is 2.94. The molecule has 0 amide bonds. The van der Waals surface area contributed by atoms with Crippen molar-refractivity contribution >= 4 is 17.8 Å². The molecule has 0 aliphatic heterocycles. The van der Waals surface area contributed by atoms with Gasteiger partial charge in [-0.25, -0.2) is 0 Å². The Balaban J connectivity index is 3.65. The van der Waals surface area contributed by atoms with Gasteiger partial charge >= 0.3 is 0 Å². The average molecular weight is 207 g/mol. The van der Waals surface area contributed by atoms with Crippen LogP contribution in [0.5, 0.6) is 0 Å². The smallest absolute Gasteiger partial charge is 0.283 e. The summed E-state index contributed by atoms with van der Waals surface area (Å²) in [6.07, 6.45) is 0.448. The van der Waals surface area contributed by atoms with Crippen molar-refractivity contribution in [3.8, 4) is 0 Å². The minimum absolute atomic E-state index is 0.0554. The first-order chi connectivity index (χ1) is 6.99. The number of hydrogen-bond donors (Lipinski definition) is 0. The van der Waals surface area contributed by atoms with Crippen molar-refractivity contribution in [2.24, 2.45) is 0 Å². The summed E-state index contributed by atoms with van der Waals surface area (Å²) < 4.78 is 0. The molecule has 0 atom stereocenters. The number of ketones is 1. The number of nitro groups is 1. The van der Waals surface area contributed by atoms with Gasteiger partial charge in [-0.15, -0.1) is 0 Å². The minimum Gasteiger partial charge on any atom is -0.298 e. The quantitative estimate of drug-likeness (QED) is 0.328. The predicted molar refractivity (Wildman–Crippen MR) is 53.2 cm³/mol. The fourth-order valence-corrected chi connectivity index (χ4v) is 1.41. The summed E-state index contributed by atoms with van der Waals surface area (Å²) in [6.45, 7) is 2.73. The number of hydrogen-bond acceptors (Lipinski definition) is 4. The number of nitrogens with zero attached hydrogens (tertiary/aromatic N) is 1. The molecule has 0 saturated carbocycles. The highest BCUT2D eigenvalue weighted by Gasteiger charge is 2.23. The predicted octanol–water partition coefficient (Wildman–Crippen LogP) is 1.92. The van der Waals surface area contributed by atoms with Crippen molar-refractivity contribution in [3.63, 3.8) is 0 Å². The van der Waals surface area contributed by atoms with Gasteiger partial charge in [0.25, 0.3) is 5.69 Å². The van der Waals surface area contributed by atoms with Gasteiger partial charge in [0.1, 0.15) is 5.56 Å². The maximum atomic E-state index is 11.2. The zero-order chi connectivity index (χ0) is 11.6. The first-order valence-electron chi connectivity index (χ1n) is 4.23. The van der Waals surface area contributed by atoms with Crippen LogP contribution in [0.3, 0.4) is 0 Å². The number of rotatable bonds is 3. The molecule has 1 aromatic carbocycles. The number of benzene rings is 1. The van der Waals surface area contributed by atoms with Gasteiger partial charge in [0.2, 0.25) is 0 Å². The zero-order valence-electron chi connectivity index (χ0n) is 8.31. The molecule has 0 aliphatic carbocycles. The lowest BCUT2D eigenvalue weighted by atomic mass is 9.99. The Labute approximate surface area is 85.9 Å². The summed E-state index contributed by atoms with van der Waals surface area (Å²) in [5.41, 5.74) is 0.0256. The fraction of sp³-hybridized carbons (Fsp3) is 0.200. The van der Waals surface area contributed by atoms with Crippen LogP contribution in [0.4, 0.5) is 5.69 Å². The summed E-state index contributed by atoms with van der Waals surface area (Å²) >= 11 is 0. The lowest BCUT2D eigenvalue weighted by Crippen LogP contribution is -2.06. The Bertz CT molecular complexity index is 451. The van der Waals surface area contributed by atoms with Gasteiger partial charge in [-0.05, 0) is 13.8 Å². The van der Waals surface area contributed by atoms with Crippen LogP contribution in [0.25, 0.3) is 0 Å². The van der Waals surface area contributed by atoms with Crippen molar-refractivity contribution in [2.45, 2.75) is 13.8 Å². The second-order valence-corrected chi connectivity index (χ2v) is 3.13. The number of aryl methyl sites for hydroxylation is 1. The maximum Gasteiger partial charge on any atom is 0.283 e. The molecule has 5 nitrogen and oxygen atoms in total. The third-order valence-electron chi connectivity index (χ3n) is 2.07. The van der Waals surface area contributed by atoms with Crippen molar-refractivity contribution < 1.29 is 14.5 Å². The van der Waals surface area contributed by atoms with Gasteiger partial charge in [0, 0.05) is 11.1 Å². The van der Waals surface area contributed by atoms with Crippen LogP contribution < -0.4 is 0 Å². The Morgan fingerprint density at radius 1 is 1.47 bits per heavy atom. The van der Waals surface area contributed by atoms with Crippen LogP contribution in [0, 0.1) is 17.0 Å². The highest BCUT2D eigenvalue weighted by molar-refractivity contribution is 6.05. The number of carbonyl (C=O) groups excluding carboxylic acids is 2. The Hall–Kier alpha value is -2.04. The van der Waals surface area contributed by atoms with Crippen molar-refractivity contribution in [1.29, 1.82) is 0 Å². The van der Waals surface area contributed by atoms with E-state index >= 15 is 0 Å². The second-order valence-electron chi connectivity index (χ2n) is 3.13. The average Bonchev–Trinajstić information content (AvgIpc) is 2.16. The summed E-state index contributed by atoms with van der Waals surface area (Å²) in [5, 5.41) is 10.8. The maximum absolute atomic E-state index is 11.2. The highest BCUT2D eigenvalue weighted by Crippen LogP contribution is 2.26. The Morgan fingerprint density at radius 3 is 2.47 bits per heavy atom. The summed E-state index contributed by atoms with van der Waals surface area (Å²) in [7, 11) is 0. The van der Waals surface area contributed by atoms with Crippen LogP contribution in [0.15, 0.2) is 12.1 Å². The van der Waals surface area contributed by atoms with Crippen LogP contribution in [-0.4, -0.2) is 17.0 Å². The lowest BCUT2D eigenvalue weighted by Gasteiger charge is -2.04. The number of nitro benzene ring substituents is 1. The molecule has 0 saturated heterocycles. The first kappa shape index (κ1) is 11.0. The summed E-state index contributed by atoms with van der Waals surface area (Å²) in [4.78, 5) is 32.0. The summed E-state index contributed by atoms with van der Waals surface area (Å²) in [5.74, 6) is -0.479. The molecule has 15 heavy (non-hydrogen) atoms. The van der Waals surface area contributed by atoms with Crippen LogP contribution >= 0.6 is 0 Å². The fourth-order valence-electron chi connectivity index (χ4n) is 1.41. The topological polar surface area (TPSA) is 77.3 Å². The molecular formula is C10H9NO4. The van der Waals surface area contributed by atoms with Gasteiger partial charge in [0.15, 0.2) is 12.1 Å². The van der Waals surface area contributed by atoms with Gasteiger partial charge < -0.3 is 0 Å². The SMILES string of the molecule is CC(=O)c1c(C=O)ccc(C)c1[N+](=O)[O-]. The molecule has 0 radical (unpaired) electrons. The van der Waals surface area contributed by atoms with Gasteiger partial charge in [-0.2, -0.15) is 0 Å². The van der Waals surface area contributed by atoms with Crippen molar-refractivity contribution in [3.05, 3.63) is 38.9 Å². The number of aldehydes is 1. The van der Waals surface area contributed by atoms with E-state index in [4.69, 9.17) is 0 Å². The number of Topliss-reactive ketones (excluding diaryl/α,β-unsaturated/α-hetero) is 1. The normalized spacial score (nSPS) is 9.73. The molecule has 0 fully saturated rings. The number of carbonyl (C=O) groups is 2. The molecule has 0 spiro atoms. The highest BCUT2D eigenvalue weighted by atomic mass is 16.6. The van der Waals surface area contributed by atoms with E-state index in [0.29, 0.717) is 11.8 Å². The van der Waals surface area contributed by atoms with Crippen LogP contribution in [0.2, 0.25) is 0 Å². The second kappa shape index (κ2) is 4.00. The van der Waals surface area contributed by atoms with Gasteiger partial charge in [-0.1, -0.05) is 12.1 Å². The molecule has 0 bridgehead atoms. The first-order valence-corrected chi connectivity index (χ1v) is 4.23. The molecule has 0 unspecified atom stereocenters. The lowest BCUT2D eigenvalue weighted by molar-refractivity contribution is -0.385. The molecule has 78 valence electrons. The largest absolute Gasteiger partial charge is 0.298 e. The van der Waals surface area contributed by atoms with Crippen molar-refractivity contribution in [2.75, 3.05) is 0 Å². The zero-order valence-corrected chi connectivity index (χ0v) is 8.31.